The Balaban J connectivity index is 1.84. The largest absolute Gasteiger partial charge is 0.480 e. The van der Waals surface area contributed by atoms with Crippen molar-refractivity contribution in [1.29, 1.82) is 0 Å². The second-order valence-electron chi connectivity index (χ2n) is 6.77. The van der Waals surface area contributed by atoms with Crippen molar-refractivity contribution in [3.8, 4) is 0 Å². The lowest BCUT2D eigenvalue weighted by Crippen LogP contribution is -2.61. The zero-order valence-corrected chi connectivity index (χ0v) is 10.9. The van der Waals surface area contributed by atoms with Crippen molar-refractivity contribution in [2.45, 2.75) is 57.0 Å². The maximum Gasteiger partial charge on any atom is 0.320 e. The Morgan fingerprint density at radius 2 is 1.59 bits per heavy atom. The van der Waals surface area contributed by atoms with Gasteiger partial charge in [0, 0.05) is 5.54 Å². The fourth-order valence-electron chi connectivity index (χ4n) is 5.07. The van der Waals surface area contributed by atoms with E-state index in [0.717, 1.165) is 17.8 Å². The van der Waals surface area contributed by atoms with Crippen LogP contribution in [-0.4, -0.2) is 34.6 Å². The SMILES string of the molecule is CC(C(=O)O)N(C)C12CC3CC(CC(C3)C1)C2. The first-order valence-corrected chi connectivity index (χ1v) is 6.96. The van der Waals surface area contributed by atoms with Crippen molar-refractivity contribution < 1.29 is 9.90 Å². The number of carboxylic acids is 1. The normalized spacial score (nSPS) is 45.2. The molecule has 0 aromatic carbocycles. The average Bonchev–Trinajstić information content (AvgIpc) is 2.25. The van der Waals surface area contributed by atoms with E-state index in [0.29, 0.717) is 0 Å². The van der Waals surface area contributed by atoms with Crippen LogP contribution in [0.1, 0.15) is 45.4 Å². The monoisotopic (exact) mass is 237 g/mol. The molecular weight excluding hydrogens is 214 g/mol. The van der Waals surface area contributed by atoms with Crippen LogP contribution in [0, 0.1) is 17.8 Å². The molecule has 3 heteroatoms. The summed E-state index contributed by atoms with van der Waals surface area (Å²) in [5.74, 6) is 1.96. The number of hydrogen-bond acceptors (Lipinski definition) is 2. The summed E-state index contributed by atoms with van der Waals surface area (Å²) in [5.41, 5.74) is 0.215. The Morgan fingerprint density at radius 3 is 1.94 bits per heavy atom. The van der Waals surface area contributed by atoms with E-state index in [1.54, 1.807) is 0 Å². The van der Waals surface area contributed by atoms with E-state index in [1.165, 1.54) is 38.5 Å². The maximum atomic E-state index is 11.2. The molecule has 3 nitrogen and oxygen atoms in total. The third-order valence-electron chi connectivity index (χ3n) is 5.69. The molecule has 1 unspecified atom stereocenters. The zero-order chi connectivity index (χ0) is 12.2. The number of hydrogen-bond donors (Lipinski definition) is 1. The van der Waals surface area contributed by atoms with Crippen LogP contribution in [0.15, 0.2) is 0 Å². The van der Waals surface area contributed by atoms with Gasteiger partial charge in [0.1, 0.15) is 6.04 Å². The van der Waals surface area contributed by atoms with Gasteiger partial charge >= 0.3 is 5.97 Å². The average molecular weight is 237 g/mol. The number of likely N-dealkylation sites (N-methyl/N-ethyl adjacent to an activating group) is 1. The van der Waals surface area contributed by atoms with Crippen molar-refractivity contribution in [3.63, 3.8) is 0 Å². The minimum atomic E-state index is -0.678. The molecule has 0 amide bonds. The summed E-state index contributed by atoms with van der Waals surface area (Å²) < 4.78 is 0. The van der Waals surface area contributed by atoms with Gasteiger partial charge in [-0.2, -0.15) is 0 Å². The molecule has 17 heavy (non-hydrogen) atoms. The minimum Gasteiger partial charge on any atom is -0.480 e. The molecule has 4 fully saturated rings. The zero-order valence-electron chi connectivity index (χ0n) is 10.9. The molecule has 1 atom stereocenters. The van der Waals surface area contributed by atoms with Crippen molar-refractivity contribution in [1.82, 2.24) is 4.90 Å². The second kappa shape index (κ2) is 3.71. The summed E-state index contributed by atoms with van der Waals surface area (Å²) in [5, 5.41) is 9.21. The quantitative estimate of drug-likeness (QED) is 0.819. The second-order valence-corrected chi connectivity index (χ2v) is 6.77. The standard InChI is InChI=1S/C14H23NO2/c1-9(13(16)17)15(2)14-6-10-3-11(7-14)5-12(4-10)8-14/h9-12H,3-8H2,1-2H3,(H,16,17). The molecule has 4 saturated carbocycles. The van der Waals surface area contributed by atoms with Gasteiger partial charge in [-0.1, -0.05) is 0 Å². The highest BCUT2D eigenvalue weighted by atomic mass is 16.4. The molecule has 4 bridgehead atoms. The van der Waals surface area contributed by atoms with Crippen molar-refractivity contribution in [3.05, 3.63) is 0 Å². The van der Waals surface area contributed by atoms with E-state index in [1.807, 2.05) is 14.0 Å². The van der Waals surface area contributed by atoms with Crippen LogP contribution in [0.2, 0.25) is 0 Å². The molecule has 0 aromatic heterocycles. The van der Waals surface area contributed by atoms with E-state index >= 15 is 0 Å². The topological polar surface area (TPSA) is 40.5 Å². The molecular formula is C14H23NO2. The van der Waals surface area contributed by atoms with Gasteiger partial charge in [-0.05, 0) is 70.3 Å². The number of aliphatic carboxylic acids is 1. The first-order valence-electron chi connectivity index (χ1n) is 6.96. The molecule has 4 rings (SSSR count). The summed E-state index contributed by atoms with van der Waals surface area (Å²) in [7, 11) is 2.03. The molecule has 0 aromatic rings. The Hall–Kier alpha value is -0.570. The van der Waals surface area contributed by atoms with Crippen LogP contribution >= 0.6 is 0 Å². The van der Waals surface area contributed by atoms with Gasteiger partial charge in [0.2, 0.25) is 0 Å². The number of nitrogens with zero attached hydrogens (tertiary/aromatic N) is 1. The summed E-state index contributed by atoms with van der Waals surface area (Å²) >= 11 is 0. The predicted octanol–water partition coefficient (Wildman–Crippen LogP) is 2.36. The van der Waals surface area contributed by atoms with Crippen LogP contribution < -0.4 is 0 Å². The summed E-state index contributed by atoms with van der Waals surface area (Å²) in [4.78, 5) is 13.4. The van der Waals surface area contributed by atoms with Gasteiger partial charge in [-0.3, -0.25) is 9.69 Å². The maximum absolute atomic E-state index is 11.2. The van der Waals surface area contributed by atoms with Crippen LogP contribution in [-0.2, 0) is 4.79 Å². The Bertz CT molecular complexity index is 304. The Labute approximate surface area is 103 Å². The van der Waals surface area contributed by atoms with E-state index < -0.39 is 5.97 Å². The number of carboxylic acid groups (broad SMARTS) is 1. The van der Waals surface area contributed by atoms with Gasteiger partial charge < -0.3 is 5.11 Å². The van der Waals surface area contributed by atoms with E-state index in [-0.39, 0.29) is 11.6 Å². The number of rotatable bonds is 3. The molecule has 1 N–H and O–H groups in total. The molecule has 0 radical (unpaired) electrons. The highest BCUT2D eigenvalue weighted by molar-refractivity contribution is 5.73. The van der Waals surface area contributed by atoms with Crippen LogP contribution in [0.25, 0.3) is 0 Å². The lowest BCUT2D eigenvalue weighted by atomic mass is 9.52. The third kappa shape index (κ3) is 1.70. The lowest BCUT2D eigenvalue weighted by Gasteiger charge is -2.60. The molecule has 96 valence electrons. The molecule has 4 aliphatic rings. The predicted molar refractivity (Wildman–Crippen MR) is 65.8 cm³/mol. The summed E-state index contributed by atoms with van der Waals surface area (Å²) in [6, 6.07) is -0.341. The summed E-state index contributed by atoms with van der Waals surface area (Å²) in [6.07, 6.45) is 7.96. The lowest BCUT2D eigenvalue weighted by molar-refractivity contribution is -0.151. The van der Waals surface area contributed by atoms with Crippen LogP contribution in [0.5, 0.6) is 0 Å². The van der Waals surface area contributed by atoms with Gasteiger partial charge in [-0.25, -0.2) is 0 Å². The smallest absolute Gasteiger partial charge is 0.320 e. The van der Waals surface area contributed by atoms with Crippen LogP contribution in [0.4, 0.5) is 0 Å². The highest BCUT2D eigenvalue weighted by Crippen LogP contribution is 2.57. The molecule has 4 aliphatic carbocycles. The van der Waals surface area contributed by atoms with E-state index in [2.05, 4.69) is 4.90 Å². The Morgan fingerprint density at radius 1 is 1.18 bits per heavy atom. The molecule has 0 spiro atoms. The molecule has 0 saturated heterocycles. The van der Waals surface area contributed by atoms with Crippen LogP contribution in [0.3, 0.4) is 0 Å². The fourth-order valence-corrected chi connectivity index (χ4v) is 5.07. The third-order valence-corrected chi connectivity index (χ3v) is 5.69. The molecule has 0 aliphatic heterocycles. The first kappa shape index (κ1) is 11.5. The van der Waals surface area contributed by atoms with E-state index in [9.17, 15) is 9.90 Å². The highest BCUT2D eigenvalue weighted by Gasteiger charge is 2.53. The first-order chi connectivity index (χ1) is 8.00. The van der Waals surface area contributed by atoms with Crippen molar-refractivity contribution >= 4 is 5.97 Å². The minimum absolute atomic E-state index is 0.215. The number of carbonyl (C=O) groups is 1. The van der Waals surface area contributed by atoms with Crippen molar-refractivity contribution in [2.24, 2.45) is 17.8 Å². The molecule has 0 heterocycles. The fraction of sp³-hybridized carbons (Fsp3) is 0.929. The summed E-state index contributed by atoms with van der Waals surface area (Å²) in [6.45, 7) is 1.83. The van der Waals surface area contributed by atoms with Gasteiger partial charge in [0.25, 0.3) is 0 Å². The van der Waals surface area contributed by atoms with Crippen molar-refractivity contribution in [2.75, 3.05) is 7.05 Å². The van der Waals surface area contributed by atoms with Gasteiger partial charge in [0.15, 0.2) is 0 Å². The van der Waals surface area contributed by atoms with Gasteiger partial charge in [0.05, 0.1) is 0 Å². The van der Waals surface area contributed by atoms with Gasteiger partial charge in [-0.15, -0.1) is 0 Å². The Kier molecular flexibility index (Phi) is 2.51. The van der Waals surface area contributed by atoms with E-state index in [4.69, 9.17) is 0 Å².